The van der Waals surface area contributed by atoms with Crippen LogP contribution in [-0.2, 0) is 4.79 Å². The normalized spacial score (nSPS) is 12.6. The molecule has 0 aliphatic rings. The third-order valence-electron chi connectivity index (χ3n) is 2.28. The van der Waals surface area contributed by atoms with Gasteiger partial charge in [0.15, 0.2) is 0 Å². The highest BCUT2D eigenvalue weighted by atomic mass is 16.2. The van der Waals surface area contributed by atoms with Crippen molar-refractivity contribution in [3.05, 3.63) is 0 Å². The minimum Gasteiger partial charge on any atom is -0.396 e. The fourth-order valence-corrected chi connectivity index (χ4v) is 1.21. The maximum atomic E-state index is 11.5. The van der Waals surface area contributed by atoms with Crippen molar-refractivity contribution in [3.8, 4) is 0 Å². The van der Waals surface area contributed by atoms with Gasteiger partial charge >= 0.3 is 0 Å². The lowest BCUT2D eigenvalue weighted by molar-refractivity contribution is -0.131. The lowest BCUT2D eigenvalue weighted by atomic mass is 10.2. The first-order valence-electron chi connectivity index (χ1n) is 5.24. The molecule has 0 spiro atoms. The van der Waals surface area contributed by atoms with Gasteiger partial charge in [-0.15, -0.1) is 0 Å². The molecule has 0 bridgehead atoms. The smallest absolute Gasteiger partial charge is 0.239 e. The van der Waals surface area contributed by atoms with Crippen LogP contribution in [0.15, 0.2) is 0 Å². The number of hydrogen-bond donors (Lipinski definition) is 2. The molecular weight excluding hydrogens is 180 g/mol. The number of aliphatic hydroxyl groups is 1. The summed E-state index contributed by atoms with van der Waals surface area (Å²) in [5.74, 6) is 0.0106. The van der Waals surface area contributed by atoms with Gasteiger partial charge in [-0.25, -0.2) is 0 Å². The molecule has 0 aliphatic heterocycles. The van der Waals surface area contributed by atoms with Crippen LogP contribution >= 0.6 is 0 Å². The lowest BCUT2D eigenvalue weighted by Crippen LogP contribution is -2.41. The predicted octanol–water partition coefficient (Wildman–Crippen LogP) is 0.345. The maximum absolute atomic E-state index is 11.5. The molecule has 4 heteroatoms. The summed E-state index contributed by atoms with van der Waals surface area (Å²) in [4.78, 5) is 13.2. The van der Waals surface area contributed by atoms with Crippen LogP contribution < -0.4 is 5.73 Å². The Morgan fingerprint density at radius 2 is 2.07 bits per heavy atom. The third kappa shape index (κ3) is 5.19. The Morgan fingerprint density at radius 1 is 1.43 bits per heavy atom. The largest absolute Gasteiger partial charge is 0.396 e. The first-order valence-corrected chi connectivity index (χ1v) is 5.24. The first kappa shape index (κ1) is 13.4. The van der Waals surface area contributed by atoms with Crippen LogP contribution in [-0.4, -0.2) is 42.2 Å². The van der Waals surface area contributed by atoms with Gasteiger partial charge in [-0.05, 0) is 25.7 Å². The standard InChI is InChI=1S/C10H22N2O2/c1-3-9(11)10(14)12(2)7-5-4-6-8-13/h9,13H,3-8,11H2,1-2H3/t9-/m1/s1. The SMILES string of the molecule is CC[C@@H](N)C(=O)N(C)CCCCCO. The Balaban J connectivity index is 3.62. The van der Waals surface area contributed by atoms with Crippen LogP contribution in [0.4, 0.5) is 0 Å². The summed E-state index contributed by atoms with van der Waals surface area (Å²) in [6.45, 7) is 2.86. The number of nitrogens with two attached hydrogens (primary N) is 1. The summed E-state index contributed by atoms with van der Waals surface area (Å²) in [6, 6.07) is -0.363. The summed E-state index contributed by atoms with van der Waals surface area (Å²) in [7, 11) is 1.77. The molecule has 3 N–H and O–H groups in total. The molecule has 0 unspecified atom stereocenters. The summed E-state index contributed by atoms with van der Waals surface area (Å²) in [6.07, 6.45) is 3.37. The number of aliphatic hydroxyl groups excluding tert-OH is 1. The zero-order chi connectivity index (χ0) is 11.0. The van der Waals surface area contributed by atoms with Crippen molar-refractivity contribution in [2.75, 3.05) is 20.2 Å². The molecule has 0 aliphatic carbocycles. The second-order valence-electron chi connectivity index (χ2n) is 3.56. The van der Waals surface area contributed by atoms with Crippen LogP contribution in [0, 0.1) is 0 Å². The molecule has 14 heavy (non-hydrogen) atoms. The van der Waals surface area contributed by atoms with E-state index < -0.39 is 0 Å². The second kappa shape index (κ2) is 7.76. The molecule has 0 saturated heterocycles. The van der Waals surface area contributed by atoms with Gasteiger partial charge in [0.25, 0.3) is 0 Å². The number of nitrogens with zero attached hydrogens (tertiary/aromatic N) is 1. The van der Waals surface area contributed by atoms with Gasteiger partial charge in [-0.1, -0.05) is 6.92 Å². The minimum absolute atomic E-state index is 0.0106. The number of unbranched alkanes of at least 4 members (excludes halogenated alkanes) is 2. The highest BCUT2D eigenvalue weighted by Crippen LogP contribution is 1.99. The van der Waals surface area contributed by atoms with E-state index >= 15 is 0 Å². The molecule has 1 atom stereocenters. The van der Waals surface area contributed by atoms with Crippen molar-refractivity contribution in [1.82, 2.24) is 4.90 Å². The molecule has 0 rings (SSSR count). The van der Waals surface area contributed by atoms with Crippen molar-refractivity contribution in [2.45, 2.75) is 38.6 Å². The topological polar surface area (TPSA) is 66.6 Å². The van der Waals surface area contributed by atoms with E-state index in [2.05, 4.69) is 0 Å². The van der Waals surface area contributed by atoms with E-state index in [-0.39, 0.29) is 18.6 Å². The Morgan fingerprint density at radius 3 is 2.57 bits per heavy atom. The van der Waals surface area contributed by atoms with Gasteiger partial charge in [0.05, 0.1) is 6.04 Å². The molecular formula is C10H22N2O2. The highest BCUT2D eigenvalue weighted by molar-refractivity contribution is 5.81. The molecule has 1 amide bonds. The van der Waals surface area contributed by atoms with E-state index in [9.17, 15) is 4.79 Å². The number of carbonyl (C=O) groups excluding carboxylic acids is 1. The van der Waals surface area contributed by atoms with E-state index in [1.807, 2.05) is 6.92 Å². The van der Waals surface area contributed by atoms with Crippen LogP contribution in [0.25, 0.3) is 0 Å². The lowest BCUT2D eigenvalue weighted by Gasteiger charge is -2.20. The van der Waals surface area contributed by atoms with Gasteiger partial charge in [0, 0.05) is 20.2 Å². The number of amides is 1. The van der Waals surface area contributed by atoms with Crippen molar-refractivity contribution >= 4 is 5.91 Å². The van der Waals surface area contributed by atoms with Crippen LogP contribution in [0.1, 0.15) is 32.6 Å². The predicted molar refractivity (Wildman–Crippen MR) is 56.8 cm³/mol. The van der Waals surface area contributed by atoms with Crippen molar-refractivity contribution in [2.24, 2.45) is 5.73 Å². The van der Waals surface area contributed by atoms with Crippen molar-refractivity contribution < 1.29 is 9.90 Å². The van der Waals surface area contributed by atoms with E-state index in [1.165, 1.54) is 0 Å². The minimum atomic E-state index is -0.363. The Kier molecular flexibility index (Phi) is 7.42. The fraction of sp³-hybridized carbons (Fsp3) is 0.900. The van der Waals surface area contributed by atoms with Gasteiger partial charge in [0.1, 0.15) is 0 Å². The molecule has 0 aromatic carbocycles. The third-order valence-corrected chi connectivity index (χ3v) is 2.28. The number of carbonyl (C=O) groups is 1. The number of hydrogen-bond acceptors (Lipinski definition) is 3. The molecule has 0 aromatic rings. The average molecular weight is 202 g/mol. The summed E-state index contributed by atoms with van der Waals surface area (Å²) < 4.78 is 0. The zero-order valence-electron chi connectivity index (χ0n) is 9.20. The molecule has 0 radical (unpaired) electrons. The van der Waals surface area contributed by atoms with Crippen molar-refractivity contribution in [1.29, 1.82) is 0 Å². The van der Waals surface area contributed by atoms with Crippen LogP contribution in [0.2, 0.25) is 0 Å². The monoisotopic (exact) mass is 202 g/mol. The maximum Gasteiger partial charge on any atom is 0.239 e. The summed E-state index contributed by atoms with van der Waals surface area (Å²) in [5, 5.41) is 8.57. The highest BCUT2D eigenvalue weighted by Gasteiger charge is 2.14. The molecule has 4 nitrogen and oxygen atoms in total. The number of rotatable bonds is 7. The van der Waals surface area contributed by atoms with Crippen molar-refractivity contribution in [3.63, 3.8) is 0 Å². The van der Waals surface area contributed by atoms with E-state index in [0.29, 0.717) is 6.42 Å². The van der Waals surface area contributed by atoms with Gasteiger partial charge < -0.3 is 15.7 Å². The Hall–Kier alpha value is -0.610. The quantitative estimate of drug-likeness (QED) is 0.585. The zero-order valence-corrected chi connectivity index (χ0v) is 9.20. The summed E-state index contributed by atoms with van der Waals surface area (Å²) >= 11 is 0. The van der Waals surface area contributed by atoms with Gasteiger partial charge in [0.2, 0.25) is 5.91 Å². The second-order valence-corrected chi connectivity index (χ2v) is 3.56. The van der Waals surface area contributed by atoms with E-state index in [0.717, 1.165) is 25.8 Å². The molecule has 0 heterocycles. The number of likely N-dealkylation sites (N-methyl/N-ethyl adjacent to an activating group) is 1. The van der Waals surface area contributed by atoms with Gasteiger partial charge in [-0.3, -0.25) is 4.79 Å². The Labute approximate surface area is 86.1 Å². The Bertz CT molecular complexity index is 162. The van der Waals surface area contributed by atoms with E-state index in [4.69, 9.17) is 10.8 Å². The fourth-order valence-electron chi connectivity index (χ4n) is 1.21. The average Bonchev–Trinajstić information content (AvgIpc) is 2.21. The molecule has 84 valence electrons. The van der Waals surface area contributed by atoms with E-state index in [1.54, 1.807) is 11.9 Å². The molecule has 0 aromatic heterocycles. The van der Waals surface area contributed by atoms with Gasteiger partial charge in [-0.2, -0.15) is 0 Å². The van der Waals surface area contributed by atoms with Crippen LogP contribution in [0.3, 0.4) is 0 Å². The molecule has 0 saturated carbocycles. The molecule has 0 fully saturated rings. The van der Waals surface area contributed by atoms with Crippen LogP contribution in [0.5, 0.6) is 0 Å². The first-order chi connectivity index (χ1) is 6.63. The summed E-state index contributed by atoms with van der Waals surface area (Å²) in [5.41, 5.74) is 5.62.